The molecule has 1 rings (SSSR count). The molecular weight excluding hydrogens is 283 g/mol. The molecule has 1 N–H and O–H groups in total. The largest absolute Gasteiger partial charge is 0.358 e. The second kappa shape index (κ2) is 5.53. The molecule has 0 aliphatic heterocycles. The van der Waals surface area contributed by atoms with E-state index < -0.39 is 28.3 Å². The van der Waals surface area contributed by atoms with Crippen molar-refractivity contribution in [3.8, 4) is 0 Å². The van der Waals surface area contributed by atoms with Crippen molar-refractivity contribution in [2.24, 2.45) is 0 Å². The first kappa shape index (κ1) is 14.7. The number of nitrogens with zero attached hydrogens (tertiary/aromatic N) is 1. The van der Waals surface area contributed by atoms with Crippen molar-refractivity contribution in [1.82, 2.24) is 5.32 Å². The molecule has 0 radical (unpaired) electrons. The molecule has 1 aromatic carbocycles. The van der Waals surface area contributed by atoms with Gasteiger partial charge in [-0.3, -0.25) is 9.10 Å². The van der Waals surface area contributed by atoms with E-state index in [1.807, 2.05) is 0 Å². The molecule has 0 saturated carbocycles. The zero-order valence-corrected chi connectivity index (χ0v) is 11.3. The normalized spacial score (nSPS) is 11.1. The number of likely N-dealkylation sites (N-methyl/N-ethyl adjacent to an activating group) is 1. The van der Waals surface area contributed by atoms with Crippen LogP contribution in [-0.4, -0.2) is 34.2 Å². The van der Waals surface area contributed by atoms with Crippen LogP contribution >= 0.6 is 11.6 Å². The lowest BCUT2D eigenvalue weighted by Crippen LogP contribution is -2.39. The summed E-state index contributed by atoms with van der Waals surface area (Å²) < 4.78 is 37.0. The van der Waals surface area contributed by atoms with E-state index in [0.717, 1.165) is 22.7 Å². The topological polar surface area (TPSA) is 66.5 Å². The van der Waals surface area contributed by atoms with Crippen LogP contribution in [0.2, 0.25) is 5.02 Å². The summed E-state index contributed by atoms with van der Waals surface area (Å²) in [4.78, 5) is 11.3. The summed E-state index contributed by atoms with van der Waals surface area (Å²) in [7, 11) is -2.27. The summed E-state index contributed by atoms with van der Waals surface area (Å²) in [5.41, 5.74) is 0.132. The molecule has 1 aromatic rings. The Bertz CT molecular complexity index is 562. The Morgan fingerprint density at radius 2 is 2.11 bits per heavy atom. The summed E-state index contributed by atoms with van der Waals surface area (Å²) in [6, 6.07) is 3.44. The average molecular weight is 295 g/mol. The Balaban J connectivity index is 3.18. The quantitative estimate of drug-likeness (QED) is 0.900. The molecule has 0 saturated heterocycles. The molecule has 0 aliphatic carbocycles. The van der Waals surface area contributed by atoms with Gasteiger partial charge in [0.2, 0.25) is 15.9 Å². The van der Waals surface area contributed by atoms with Crippen LogP contribution in [0.1, 0.15) is 0 Å². The van der Waals surface area contributed by atoms with Gasteiger partial charge in [0, 0.05) is 7.05 Å². The van der Waals surface area contributed by atoms with E-state index in [4.69, 9.17) is 11.6 Å². The zero-order valence-electron chi connectivity index (χ0n) is 9.78. The number of rotatable bonds is 4. The maximum Gasteiger partial charge on any atom is 0.240 e. The fourth-order valence-corrected chi connectivity index (χ4v) is 2.27. The van der Waals surface area contributed by atoms with Gasteiger partial charge in [-0.15, -0.1) is 0 Å². The number of anilines is 1. The van der Waals surface area contributed by atoms with E-state index in [9.17, 15) is 17.6 Å². The van der Waals surface area contributed by atoms with Gasteiger partial charge in [0.15, 0.2) is 0 Å². The third-order valence-electron chi connectivity index (χ3n) is 2.16. The molecule has 0 bridgehead atoms. The van der Waals surface area contributed by atoms with Crippen molar-refractivity contribution < 1.29 is 17.6 Å². The first-order valence-corrected chi connectivity index (χ1v) is 7.11. The molecule has 0 heterocycles. The van der Waals surface area contributed by atoms with E-state index in [-0.39, 0.29) is 10.7 Å². The second-order valence-corrected chi connectivity index (χ2v) is 5.86. The first-order valence-electron chi connectivity index (χ1n) is 4.89. The zero-order chi connectivity index (χ0) is 13.9. The number of benzene rings is 1. The number of hydrogen-bond acceptors (Lipinski definition) is 3. The van der Waals surface area contributed by atoms with E-state index in [0.29, 0.717) is 0 Å². The minimum atomic E-state index is -3.66. The van der Waals surface area contributed by atoms with Gasteiger partial charge in [-0.25, -0.2) is 12.8 Å². The molecule has 0 aromatic heterocycles. The summed E-state index contributed by atoms with van der Waals surface area (Å²) in [6.45, 7) is -0.392. The molecule has 0 aliphatic rings. The summed E-state index contributed by atoms with van der Waals surface area (Å²) in [5.74, 6) is -1.14. The highest BCUT2D eigenvalue weighted by molar-refractivity contribution is 7.92. The number of amides is 1. The maximum absolute atomic E-state index is 13.0. The van der Waals surface area contributed by atoms with Crippen LogP contribution in [-0.2, 0) is 14.8 Å². The Morgan fingerprint density at radius 3 is 2.56 bits per heavy atom. The summed E-state index contributed by atoms with van der Waals surface area (Å²) >= 11 is 5.58. The SMILES string of the molecule is CNC(=O)CN(c1ccc(F)c(Cl)c1)S(C)(=O)=O. The Labute approximate surface area is 110 Å². The van der Waals surface area contributed by atoms with E-state index in [2.05, 4.69) is 5.32 Å². The standard InChI is InChI=1S/C10H12ClFN2O3S/c1-13-10(15)6-14(18(2,16)17)7-3-4-9(12)8(11)5-7/h3-5H,6H2,1-2H3,(H,13,15). The van der Waals surface area contributed by atoms with Crippen LogP contribution in [0.15, 0.2) is 18.2 Å². The average Bonchev–Trinajstić information content (AvgIpc) is 2.28. The van der Waals surface area contributed by atoms with Gasteiger partial charge in [-0.1, -0.05) is 11.6 Å². The van der Waals surface area contributed by atoms with Crippen LogP contribution in [0.5, 0.6) is 0 Å². The van der Waals surface area contributed by atoms with Crippen molar-refractivity contribution in [2.45, 2.75) is 0 Å². The smallest absolute Gasteiger partial charge is 0.240 e. The molecule has 8 heteroatoms. The second-order valence-electron chi connectivity index (χ2n) is 3.54. The van der Waals surface area contributed by atoms with Crippen molar-refractivity contribution >= 4 is 33.2 Å². The number of hydrogen-bond donors (Lipinski definition) is 1. The molecule has 18 heavy (non-hydrogen) atoms. The Hall–Kier alpha value is -1.34. The van der Waals surface area contributed by atoms with E-state index >= 15 is 0 Å². The highest BCUT2D eigenvalue weighted by Gasteiger charge is 2.21. The van der Waals surface area contributed by atoms with Gasteiger partial charge >= 0.3 is 0 Å². The Morgan fingerprint density at radius 1 is 1.50 bits per heavy atom. The van der Waals surface area contributed by atoms with Gasteiger partial charge in [-0.2, -0.15) is 0 Å². The van der Waals surface area contributed by atoms with Gasteiger partial charge in [-0.05, 0) is 18.2 Å². The minimum Gasteiger partial charge on any atom is -0.358 e. The van der Waals surface area contributed by atoms with Crippen molar-refractivity contribution in [1.29, 1.82) is 0 Å². The molecule has 5 nitrogen and oxygen atoms in total. The van der Waals surface area contributed by atoms with Crippen molar-refractivity contribution in [3.63, 3.8) is 0 Å². The van der Waals surface area contributed by atoms with Gasteiger partial charge < -0.3 is 5.32 Å². The van der Waals surface area contributed by atoms with E-state index in [1.54, 1.807) is 0 Å². The van der Waals surface area contributed by atoms with Gasteiger partial charge in [0.1, 0.15) is 12.4 Å². The fraction of sp³-hybridized carbons (Fsp3) is 0.300. The van der Waals surface area contributed by atoms with Crippen LogP contribution < -0.4 is 9.62 Å². The highest BCUT2D eigenvalue weighted by Crippen LogP contribution is 2.24. The molecule has 100 valence electrons. The molecule has 0 spiro atoms. The predicted molar refractivity (Wildman–Crippen MR) is 67.7 cm³/mol. The highest BCUT2D eigenvalue weighted by atomic mass is 35.5. The van der Waals surface area contributed by atoms with Gasteiger partial charge in [0.05, 0.1) is 17.0 Å². The van der Waals surface area contributed by atoms with Crippen LogP contribution in [0, 0.1) is 5.82 Å². The monoisotopic (exact) mass is 294 g/mol. The Kier molecular flexibility index (Phi) is 4.53. The van der Waals surface area contributed by atoms with Crippen molar-refractivity contribution in [2.75, 3.05) is 24.2 Å². The van der Waals surface area contributed by atoms with Crippen LogP contribution in [0.3, 0.4) is 0 Å². The molecule has 0 atom stereocenters. The van der Waals surface area contributed by atoms with E-state index in [1.165, 1.54) is 13.1 Å². The lowest BCUT2D eigenvalue weighted by molar-refractivity contribution is -0.119. The third kappa shape index (κ3) is 3.58. The fourth-order valence-electron chi connectivity index (χ4n) is 1.25. The van der Waals surface area contributed by atoms with Crippen LogP contribution in [0.4, 0.5) is 10.1 Å². The lowest BCUT2D eigenvalue weighted by Gasteiger charge is -2.21. The molecule has 0 fully saturated rings. The lowest BCUT2D eigenvalue weighted by atomic mass is 10.3. The summed E-state index contributed by atoms with van der Waals surface area (Å²) in [5, 5.41) is 2.10. The van der Waals surface area contributed by atoms with Crippen LogP contribution in [0.25, 0.3) is 0 Å². The number of nitrogens with one attached hydrogen (secondary N) is 1. The number of carbonyl (C=O) groups is 1. The van der Waals surface area contributed by atoms with Crippen molar-refractivity contribution in [3.05, 3.63) is 29.0 Å². The minimum absolute atomic E-state index is 0.132. The number of halogens is 2. The van der Waals surface area contributed by atoms with Gasteiger partial charge in [0.25, 0.3) is 0 Å². The molecular formula is C10H12ClFN2O3S. The first-order chi connectivity index (χ1) is 8.25. The maximum atomic E-state index is 13.0. The molecule has 0 unspecified atom stereocenters. The third-order valence-corrected chi connectivity index (χ3v) is 3.59. The predicted octanol–water partition coefficient (Wildman–Crippen LogP) is 0.991. The number of carbonyl (C=O) groups excluding carboxylic acids is 1. The summed E-state index contributed by atoms with van der Waals surface area (Å²) in [6.07, 6.45) is 0.952. The molecule has 1 amide bonds. The number of sulfonamides is 1.